The van der Waals surface area contributed by atoms with Crippen molar-refractivity contribution in [3.63, 3.8) is 0 Å². The van der Waals surface area contributed by atoms with Crippen molar-refractivity contribution in [2.24, 2.45) is 0 Å². The van der Waals surface area contributed by atoms with Gasteiger partial charge in [-0.05, 0) is 55.3 Å². The normalized spacial score (nSPS) is 13.8. The van der Waals surface area contributed by atoms with Gasteiger partial charge in [0, 0.05) is 24.3 Å². The molecule has 1 aliphatic rings. The predicted molar refractivity (Wildman–Crippen MR) is 114 cm³/mol. The van der Waals surface area contributed by atoms with E-state index in [1.54, 1.807) is 18.2 Å². The molecule has 1 amide bonds. The van der Waals surface area contributed by atoms with E-state index in [0.717, 1.165) is 49.4 Å². The number of halogens is 3. The number of ether oxygens (including phenoxy) is 1. The van der Waals surface area contributed by atoms with Crippen molar-refractivity contribution in [3.8, 4) is 17.0 Å². The number of carbonyl (C=O) groups excluding carboxylic acids is 1. The van der Waals surface area contributed by atoms with Crippen LogP contribution in [0, 0.1) is 0 Å². The summed E-state index contributed by atoms with van der Waals surface area (Å²) in [6, 6.07) is 15.3. The number of nitrogens with zero attached hydrogens (tertiary/aromatic N) is 3. The van der Waals surface area contributed by atoms with E-state index < -0.39 is 24.3 Å². The van der Waals surface area contributed by atoms with Crippen LogP contribution in [-0.4, -0.2) is 35.8 Å². The summed E-state index contributed by atoms with van der Waals surface area (Å²) in [5.41, 5.74) is 1.14. The number of hydrogen-bond acceptors (Lipinski definition) is 5. The standard InChI is InChI=1S/C23H21F3N4O2/c24-23(25,26)17-6-4-8-19(14-17)32-15-22(31)27-18-7-3-5-16(13-18)20-9-10-21(29-28-20)30-11-1-2-12-30/h3-10,13-14H,1-2,11-12,15H2,(H,27,31). The van der Waals surface area contributed by atoms with Crippen LogP contribution < -0.4 is 15.0 Å². The van der Waals surface area contributed by atoms with E-state index >= 15 is 0 Å². The molecule has 0 spiro atoms. The lowest BCUT2D eigenvalue weighted by Crippen LogP contribution is -2.20. The van der Waals surface area contributed by atoms with Crippen molar-refractivity contribution in [1.82, 2.24) is 10.2 Å². The van der Waals surface area contributed by atoms with Crippen LogP contribution >= 0.6 is 0 Å². The SMILES string of the molecule is O=C(COc1cccc(C(F)(F)F)c1)Nc1cccc(-c2ccc(N3CCCC3)nn2)c1. The van der Waals surface area contributed by atoms with Crippen LogP contribution in [0.1, 0.15) is 18.4 Å². The van der Waals surface area contributed by atoms with E-state index in [0.29, 0.717) is 11.4 Å². The monoisotopic (exact) mass is 442 g/mol. The fraction of sp³-hybridized carbons (Fsp3) is 0.261. The largest absolute Gasteiger partial charge is 0.484 e. The van der Waals surface area contributed by atoms with Gasteiger partial charge in [0.15, 0.2) is 12.4 Å². The van der Waals surface area contributed by atoms with Gasteiger partial charge in [0.05, 0.1) is 11.3 Å². The molecule has 0 unspecified atom stereocenters. The van der Waals surface area contributed by atoms with Gasteiger partial charge in [-0.2, -0.15) is 13.2 Å². The van der Waals surface area contributed by atoms with E-state index in [1.807, 2.05) is 18.2 Å². The maximum Gasteiger partial charge on any atom is 0.416 e. The van der Waals surface area contributed by atoms with Crippen LogP contribution in [0.5, 0.6) is 5.75 Å². The Morgan fingerprint density at radius 2 is 1.78 bits per heavy atom. The summed E-state index contributed by atoms with van der Waals surface area (Å²) in [4.78, 5) is 14.4. The number of hydrogen-bond donors (Lipinski definition) is 1. The van der Waals surface area contributed by atoms with Gasteiger partial charge in [-0.1, -0.05) is 18.2 Å². The van der Waals surface area contributed by atoms with Crippen LogP contribution in [0.25, 0.3) is 11.3 Å². The average Bonchev–Trinajstić information content (AvgIpc) is 3.33. The molecule has 0 radical (unpaired) electrons. The van der Waals surface area contributed by atoms with Crippen molar-refractivity contribution in [2.45, 2.75) is 19.0 Å². The molecule has 1 N–H and O–H groups in total. The lowest BCUT2D eigenvalue weighted by molar-refractivity contribution is -0.137. The van der Waals surface area contributed by atoms with E-state index in [2.05, 4.69) is 20.4 Å². The van der Waals surface area contributed by atoms with Gasteiger partial charge in [-0.15, -0.1) is 10.2 Å². The molecule has 1 fully saturated rings. The molecular formula is C23H21F3N4O2. The molecule has 6 nitrogen and oxygen atoms in total. The molecule has 1 aromatic heterocycles. The maximum atomic E-state index is 12.8. The summed E-state index contributed by atoms with van der Waals surface area (Å²) in [7, 11) is 0. The molecular weight excluding hydrogens is 421 g/mol. The first-order chi connectivity index (χ1) is 15.4. The van der Waals surface area contributed by atoms with Gasteiger partial charge in [0.25, 0.3) is 5.91 Å². The molecule has 0 bridgehead atoms. The third-order valence-electron chi connectivity index (χ3n) is 5.05. The zero-order valence-corrected chi connectivity index (χ0v) is 17.1. The molecule has 2 heterocycles. The predicted octanol–water partition coefficient (Wildman–Crippen LogP) is 4.78. The number of aromatic nitrogens is 2. The lowest BCUT2D eigenvalue weighted by atomic mass is 10.1. The molecule has 0 saturated carbocycles. The third kappa shape index (κ3) is 5.35. The first-order valence-corrected chi connectivity index (χ1v) is 10.2. The van der Waals surface area contributed by atoms with Crippen molar-refractivity contribution < 1.29 is 22.7 Å². The second-order valence-electron chi connectivity index (χ2n) is 7.41. The van der Waals surface area contributed by atoms with Crippen LogP contribution in [0.4, 0.5) is 24.7 Å². The highest BCUT2D eigenvalue weighted by atomic mass is 19.4. The molecule has 9 heteroatoms. The Morgan fingerprint density at radius 1 is 1.00 bits per heavy atom. The van der Waals surface area contributed by atoms with Gasteiger partial charge in [0.1, 0.15) is 5.75 Å². The van der Waals surface area contributed by atoms with Crippen LogP contribution in [-0.2, 0) is 11.0 Å². The molecule has 166 valence electrons. The summed E-state index contributed by atoms with van der Waals surface area (Å²) in [5, 5.41) is 11.3. The van der Waals surface area contributed by atoms with Crippen molar-refractivity contribution in [2.75, 3.05) is 29.9 Å². The Bertz CT molecular complexity index is 1080. The van der Waals surface area contributed by atoms with Crippen LogP contribution in [0.3, 0.4) is 0 Å². The van der Waals surface area contributed by atoms with Crippen molar-refractivity contribution in [1.29, 1.82) is 0 Å². The molecule has 2 aromatic carbocycles. The molecule has 3 aromatic rings. The van der Waals surface area contributed by atoms with Crippen molar-refractivity contribution in [3.05, 3.63) is 66.2 Å². The number of rotatable bonds is 6. The van der Waals surface area contributed by atoms with Gasteiger partial charge in [-0.3, -0.25) is 4.79 Å². The number of amides is 1. The quantitative estimate of drug-likeness (QED) is 0.595. The summed E-state index contributed by atoms with van der Waals surface area (Å²) >= 11 is 0. The van der Waals surface area contributed by atoms with Crippen LogP contribution in [0.2, 0.25) is 0 Å². The molecule has 32 heavy (non-hydrogen) atoms. The number of benzene rings is 2. The Kier molecular flexibility index (Phi) is 6.25. The minimum Gasteiger partial charge on any atom is -0.484 e. The van der Waals surface area contributed by atoms with E-state index in [1.165, 1.54) is 12.1 Å². The average molecular weight is 442 g/mol. The second-order valence-corrected chi connectivity index (χ2v) is 7.41. The van der Waals surface area contributed by atoms with Gasteiger partial charge in [0.2, 0.25) is 0 Å². The Hall–Kier alpha value is -3.62. The first kappa shape index (κ1) is 21.6. The number of nitrogens with one attached hydrogen (secondary N) is 1. The lowest BCUT2D eigenvalue weighted by Gasteiger charge is -2.15. The van der Waals surface area contributed by atoms with Crippen LogP contribution in [0.15, 0.2) is 60.7 Å². The molecule has 0 atom stereocenters. The van der Waals surface area contributed by atoms with E-state index in [-0.39, 0.29) is 5.75 Å². The summed E-state index contributed by atoms with van der Waals surface area (Å²) in [5.74, 6) is 0.328. The zero-order valence-electron chi connectivity index (χ0n) is 17.1. The fourth-order valence-electron chi connectivity index (χ4n) is 3.46. The summed E-state index contributed by atoms with van der Waals surface area (Å²) in [6.07, 6.45) is -2.16. The molecule has 1 saturated heterocycles. The van der Waals surface area contributed by atoms with E-state index in [9.17, 15) is 18.0 Å². The third-order valence-corrected chi connectivity index (χ3v) is 5.05. The minimum absolute atomic E-state index is 0.0305. The summed E-state index contributed by atoms with van der Waals surface area (Å²) in [6.45, 7) is 1.55. The van der Waals surface area contributed by atoms with E-state index in [4.69, 9.17) is 4.74 Å². The molecule has 4 rings (SSSR count). The number of alkyl halides is 3. The Morgan fingerprint density at radius 3 is 2.50 bits per heavy atom. The van der Waals surface area contributed by atoms with Crippen molar-refractivity contribution >= 4 is 17.4 Å². The minimum atomic E-state index is -4.47. The van der Waals surface area contributed by atoms with Gasteiger partial charge in [-0.25, -0.2) is 0 Å². The Labute approximate surface area is 183 Å². The number of anilines is 2. The maximum absolute atomic E-state index is 12.8. The highest BCUT2D eigenvalue weighted by Crippen LogP contribution is 2.31. The second kappa shape index (κ2) is 9.25. The highest BCUT2D eigenvalue weighted by molar-refractivity contribution is 5.92. The van der Waals surface area contributed by atoms with Gasteiger partial charge < -0.3 is 15.0 Å². The number of carbonyl (C=O) groups is 1. The topological polar surface area (TPSA) is 67.3 Å². The zero-order chi connectivity index (χ0) is 22.6. The smallest absolute Gasteiger partial charge is 0.416 e. The molecule has 0 aliphatic carbocycles. The fourth-order valence-corrected chi connectivity index (χ4v) is 3.46. The van der Waals surface area contributed by atoms with Gasteiger partial charge >= 0.3 is 6.18 Å². The first-order valence-electron chi connectivity index (χ1n) is 10.2. The molecule has 1 aliphatic heterocycles. The highest BCUT2D eigenvalue weighted by Gasteiger charge is 2.30. The summed E-state index contributed by atoms with van der Waals surface area (Å²) < 4.78 is 43.6. The Balaban J connectivity index is 1.37.